The minimum Gasteiger partial charge on any atom is -0.379 e. The van der Waals surface area contributed by atoms with Gasteiger partial charge in [-0.15, -0.1) is 0 Å². The largest absolute Gasteiger partial charge is 0.379 e. The Morgan fingerprint density at radius 1 is 1.14 bits per heavy atom. The van der Waals surface area contributed by atoms with Gasteiger partial charge >= 0.3 is 0 Å². The van der Waals surface area contributed by atoms with Crippen molar-refractivity contribution in [2.24, 2.45) is 11.8 Å². The fraction of sp³-hybridized carbons (Fsp3) is 0.643. The van der Waals surface area contributed by atoms with Gasteiger partial charge in [0.05, 0.1) is 29.4 Å². The van der Waals surface area contributed by atoms with Crippen molar-refractivity contribution >= 4 is 29.3 Å². The summed E-state index contributed by atoms with van der Waals surface area (Å²) in [4.78, 5) is 51.6. The Hall–Kier alpha value is -2.74. The minimum absolute atomic E-state index is 0.0704. The number of piperidine rings is 1. The Morgan fingerprint density at radius 2 is 1.86 bits per heavy atom. The van der Waals surface area contributed by atoms with Crippen molar-refractivity contribution in [1.29, 1.82) is 0 Å². The molecule has 0 spiro atoms. The van der Waals surface area contributed by atoms with E-state index in [0.717, 1.165) is 30.6 Å². The highest BCUT2D eigenvalue weighted by molar-refractivity contribution is 6.25. The molecule has 2 heterocycles. The number of hydrogen-bond acceptors (Lipinski definition) is 6. The van der Waals surface area contributed by atoms with Crippen LogP contribution >= 0.6 is 0 Å². The Balaban J connectivity index is 1.82. The second-order valence-electron chi connectivity index (χ2n) is 10.9. The van der Waals surface area contributed by atoms with E-state index in [0.29, 0.717) is 18.2 Å². The zero-order chi connectivity index (χ0) is 26.6. The van der Waals surface area contributed by atoms with Gasteiger partial charge in [0.1, 0.15) is 6.04 Å². The number of rotatable bonds is 12. The number of fused-ring (bicyclic) bond motifs is 1. The van der Waals surface area contributed by atoms with Crippen LogP contribution in [0.4, 0.5) is 5.69 Å². The van der Waals surface area contributed by atoms with Crippen molar-refractivity contribution in [3.8, 4) is 0 Å². The Kier molecular flexibility index (Phi) is 8.93. The lowest BCUT2D eigenvalue weighted by molar-refractivity contribution is -0.136. The van der Waals surface area contributed by atoms with Crippen LogP contribution in [-0.2, 0) is 14.3 Å². The van der Waals surface area contributed by atoms with E-state index in [-0.39, 0.29) is 47.4 Å². The molecule has 8 nitrogen and oxygen atoms in total. The van der Waals surface area contributed by atoms with Gasteiger partial charge in [0.15, 0.2) is 0 Å². The number of nitrogens with zero attached hydrogens (tertiary/aromatic N) is 1. The van der Waals surface area contributed by atoms with Crippen LogP contribution in [0, 0.1) is 11.8 Å². The fourth-order valence-electron chi connectivity index (χ4n) is 4.70. The summed E-state index contributed by atoms with van der Waals surface area (Å²) in [7, 11) is 0. The number of hydrogen-bond donors (Lipinski definition) is 2. The predicted molar refractivity (Wildman–Crippen MR) is 139 cm³/mol. The van der Waals surface area contributed by atoms with E-state index in [1.165, 1.54) is 0 Å². The van der Waals surface area contributed by atoms with Crippen molar-refractivity contribution < 1.29 is 23.9 Å². The molecule has 2 aliphatic rings. The Labute approximate surface area is 214 Å². The number of imide groups is 2. The van der Waals surface area contributed by atoms with E-state index in [4.69, 9.17) is 4.74 Å². The SMILES string of the molecule is CCC(C)C(COC(C)(CC)CCC(C)C)Nc1cccc2c1C(=O)N(C1CCC(=O)NC1=O)C2=O. The molecule has 36 heavy (non-hydrogen) atoms. The zero-order valence-electron chi connectivity index (χ0n) is 22.5. The number of nitrogens with one attached hydrogen (secondary N) is 2. The Bertz CT molecular complexity index is 1010. The molecule has 4 unspecified atom stereocenters. The number of anilines is 1. The van der Waals surface area contributed by atoms with E-state index in [1.807, 2.05) is 0 Å². The number of amides is 4. The third-order valence-electron chi connectivity index (χ3n) is 7.75. The summed E-state index contributed by atoms with van der Waals surface area (Å²) in [6.07, 6.45) is 4.11. The van der Waals surface area contributed by atoms with Gasteiger partial charge in [0, 0.05) is 12.1 Å². The first kappa shape index (κ1) is 27.8. The molecule has 2 N–H and O–H groups in total. The third kappa shape index (κ3) is 5.97. The van der Waals surface area contributed by atoms with Crippen LogP contribution in [-0.4, -0.2) is 52.8 Å². The highest BCUT2D eigenvalue weighted by Gasteiger charge is 2.45. The van der Waals surface area contributed by atoms with Crippen molar-refractivity contribution in [1.82, 2.24) is 10.2 Å². The lowest BCUT2D eigenvalue weighted by Crippen LogP contribution is -2.54. The second-order valence-corrected chi connectivity index (χ2v) is 10.9. The summed E-state index contributed by atoms with van der Waals surface area (Å²) in [6, 6.07) is 4.10. The molecule has 0 radical (unpaired) electrons. The summed E-state index contributed by atoms with van der Waals surface area (Å²) in [5.74, 6) is -1.15. The van der Waals surface area contributed by atoms with Gasteiger partial charge in [-0.2, -0.15) is 0 Å². The van der Waals surface area contributed by atoms with Gasteiger partial charge < -0.3 is 10.1 Å². The number of ether oxygens (including phenoxy) is 1. The molecule has 0 aliphatic carbocycles. The fourth-order valence-corrected chi connectivity index (χ4v) is 4.70. The molecule has 4 atom stereocenters. The van der Waals surface area contributed by atoms with Gasteiger partial charge in [-0.25, -0.2) is 0 Å². The average molecular weight is 500 g/mol. The molecule has 2 aliphatic heterocycles. The number of carbonyl (C=O) groups excluding carboxylic acids is 4. The summed E-state index contributed by atoms with van der Waals surface area (Å²) in [6.45, 7) is 13.5. The topological polar surface area (TPSA) is 105 Å². The van der Waals surface area contributed by atoms with E-state index in [1.54, 1.807) is 18.2 Å². The van der Waals surface area contributed by atoms with Crippen LogP contribution in [0.1, 0.15) is 101 Å². The number of carbonyl (C=O) groups is 4. The van der Waals surface area contributed by atoms with Gasteiger partial charge in [-0.05, 0) is 56.6 Å². The van der Waals surface area contributed by atoms with Crippen molar-refractivity contribution in [2.45, 2.75) is 97.8 Å². The van der Waals surface area contributed by atoms with Gasteiger partial charge in [-0.1, -0.05) is 47.1 Å². The standard InChI is InChI=1S/C28H41N3O5/c1-7-18(5)21(16-36-28(6,8-2)15-14-17(3)4)29-20-11-9-10-19-24(20)27(35)31(26(19)34)22-12-13-23(32)30-25(22)33/h9-11,17-18,21-22,29H,7-8,12-16H2,1-6H3,(H,30,32,33). The molecule has 3 rings (SSSR count). The van der Waals surface area contributed by atoms with Crippen molar-refractivity contribution in [2.75, 3.05) is 11.9 Å². The van der Waals surface area contributed by atoms with Crippen LogP contribution in [0.5, 0.6) is 0 Å². The van der Waals surface area contributed by atoms with Crippen LogP contribution < -0.4 is 10.6 Å². The highest BCUT2D eigenvalue weighted by atomic mass is 16.5. The maximum atomic E-state index is 13.5. The average Bonchev–Trinajstić information content (AvgIpc) is 3.10. The minimum atomic E-state index is -0.983. The second kappa shape index (κ2) is 11.5. The van der Waals surface area contributed by atoms with E-state index in [2.05, 4.69) is 52.2 Å². The summed E-state index contributed by atoms with van der Waals surface area (Å²) in [5, 5.41) is 5.75. The smallest absolute Gasteiger partial charge is 0.264 e. The molecule has 0 saturated carbocycles. The molecule has 8 heteroatoms. The monoisotopic (exact) mass is 499 g/mol. The van der Waals surface area contributed by atoms with Crippen molar-refractivity contribution in [3.05, 3.63) is 29.3 Å². The molecule has 1 fully saturated rings. The predicted octanol–water partition coefficient (Wildman–Crippen LogP) is 4.54. The summed E-state index contributed by atoms with van der Waals surface area (Å²) < 4.78 is 6.48. The van der Waals surface area contributed by atoms with E-state index in [9.17, 15) is 19.2 Å². The quantitative estimate of drug-likeness (QED) is 0.409. The van der Waals surface area contributed by atoms with Crippen LogP contribution in [0.2, 0.25) is 0 Å². The molecule has 1 saturated heterocycles. The normalized spacial score (nSPS) is 21.3. The van der Waals surface area contributed by atoms with Crippen molar-refractivity contribution in [3.63, 3.8) is 0 Å². The lowest BCUT2D eigenvalue weighted by Gasteiger charge is -2.34. The molecule has 1 aromatic carbocycles. The zero-order valence-corrected chi connectivity index (χ0v) is 22.5. The molecule has 0 aromatic heterocycles. The molecule has 4 amide bonds. The van der Waals surface area contributed by atoms with Crippen LogP contribution in [0.25, 0.3) is 0 Å². The highest BCUT2D eigenvalue weighted by Crippen LogP contribution is 2.34. The Morgan fingerprint density at radius 3 is 2.47 bits per heavy atom. The van der Waals surface area contributed by atoms with Crippen LogP contribution in [0.3, 0.4) is 0 Å². The molecule has 198 valence electrons. The first-order valence-corrected chi connectivity index (χ1v) is 13.3. The lowest BCUT2D eigenvalue weighted by atomic mass is 9.92. The van der Waals surface area contributed by atoms with Gasteiger partial charge in [0.2, 0.25) is 11.8 Å². The van der Waals surface area contributed by atoms with Gasteiger partial charge in [0.25, 0.3) is 11.8 Å². The first-order chi connectivity index (χ1) is 17.0. The number of benzene rings is 1. The maximum Gasteiger partial charge on any atom is 0.264 e. The molecule has 1 aromatic rings. The third-order valence-corrected chi connectivity index (χ3v) is 7.75. The first-order valence-electron chi connectivity index (χ1n) is 13.3. The van der Waals surface area contributed by atoms with E-state index < -0.39 is 23.8 Å². The van der Waals surface area contributed by atoms with Crippen LogP contribution in [0.15, 0.2) is 18.2 Å². The summed E-state index contributed by atoms with van der Waals surface area (Å²) in [5.41, 5.74) is 0.882. The maximum absolute atomic E-state index is 13.5. The van der Waals surface area contributed by atoms with Gasteiger partial charge in [-0.3, -0.25) is 29.4 Å². The molecular formula is C28H41N3O5. The molecule has 0 bridgehead atoms. The molecular weight excluding hydrogens is 458 g/mol. The van der Waals surface area contributed by atoms with E-state index >= 15 is 0 Å². The summed E-state index contributed by atoms with van der Waals surface area (Å²) >= 11 is 0.